The van der Waals surface area contributed by atoms with Crippen LogP contribution in [0.5, 0.6) is 0 Å². The molecule has 6 heteroatoms. The number of rotatable bonds is 9. The first-order chi connectivity index (χ1) is 9.93. The topological polar surface area (TPSA) is 106 Å². The first-order valence-corrected chi connectivity index (χ1v) is 7.22. The summed E-state index contributed by atoms with van der Waals surface area (Å²) >= 11 is 0. The van der Waals surface area contributed by atoms with Gasteiger partial charge in [-0.2, -0.15) is 0 Å². The number of furan rings is 1. The van der Waals surface area contributed by atoms with Crippen LogP contribution >= 0.6 is 0 Å². The zero-order chi connectivity index (χ0) is 15.8. The number of carboxylic acids is 1. The summed E-state index contributed by atoms with van der Waals surface area (Å²) in [7, 11) is 0. The molecule has 0 radical (unpaired) electrons. The Morgan fingerprint density at radius 1 is 1.33 bits per heavy atom. The van der Waals surface area contributed by atoms with Crippen molar-refractivity contribution in [2.45, 2.75) is 39.7 Å². The molecule has 1 atom stereocenters. The molecule has 0 aliphatic carbocycles. The molecule has 6 nitrogen and oxygen atoms in total. The molecular weight excluding hydrogens is 272 g/mol. The maximum atomic E-state index is 11.8. The monoisotopic (exact) mass is 296 g/mol. The van der Waals surface area contributed by atoms with Gasteiger partial charge in [0.15, 0.2) is 0 Å². The van der Waals surface area contributed by atoms with E-state index in [4.69, 9.17) is 15.3 Å². The minimum atomic E-state index is -1.12. The molecule has 0 aliphatic rings. The van der Waals surface area contributed by atoms with Crippen molar-refractivity contribution < 1.29 is 19.1 Å². The fraction of sp³-hybridized carbons (Fsp3) is 0.600. The predicted molar refractivity (Wildman–Crippen MR) is 78.7 cm³/mol. The Morgan fingerprint density at radius 3 is 2.57 bits per heavy atom. The Labute approximate surface area is 124 Å². The normalized spacial score (nSPS) is 12.4. The van der Waals surface area contributed by atoms with Crippen LogP contribution in [0, 0.1) is 11.8 Å². The lowest BCUT2D eigenvalue weighted by atomic mass is 9.88. The van der Waals surface area contributed by atoms with Crippen molar-refractivity contribution in [2.24, 2.45) is 17.6 Å². The summed E-state index contributed by atoms with van der Waals surface area (Å²) in [6.07, 6.45) is 2.17. The summed E-state index contributed by atoms with van der Waals surface area (Å²) in [6.45, 7) is 5.10. The third-order valence-corrected chi connectivity index (χ3v) is 3.55. The minimum absolute atomic E-state index is 0.0639. The molecule has 1 aromatic rings. The van der Waals surface area contributed by atoms with Gasteiger partial charge in [0, 0.05) is 6.42 Å². The average molecular weight is 296 g/mol. The summed E-state index contributed by atoms with van der Waals surface area (Å²) in [5, 5.41) is 11.5. The van der Waals surface area contributed by atoms with Gasteiger partial charge >= 0.3 is 5.97 Å². The second-order valence-corrected chi connectivity index (χ2v) is 5.47. The van der Waals surface area contributed by atoms with Crippen molar-refractivity contribution in [3.05, 3.63) is 23.7 Å². The number of carbonyl (C=O) groups is 2. The number of amides is 1. The van der Waals surface area contributed by atoms with E-state index in [1.807, 2.05) is 0 Å². The molecule has 1 amide bonds. The Bertz CT molecular complexity index is 468. The zero-order valence-corrected chi connectivity index (χ0v) is 12.6. The summed E-state index contributed by atoms with van der Waals surface area (Å²) in [4.78, 5) is 22.5. The number of nitrogens with two attached hydrogens (primary N) is 1. The lowest BCUT2D eigenvalue weighted by molar-refractivity contribution is -0.121. The van der Waals surface area contributed by atoms with E-state index < -0.39 is 5.97 Å². The second-order valence-electron chi connectivity index (χ2n) is 5.47. The molecule has 0 aliphatic heterocycles. The van der Waals surface area contributed by atoms with E-state index in [1.54, 1.807) is 6.07 Å². The van der Waals surface area contributed by atoms with E-state index in [0.717, 1.165) is 12.8 Å². The van der Waals surface area contributed by atoms with Crippen LogP contribution in [-0.2, 0) is 11.3 Å². The van der Waals surface area contributed by atoms with Crippen molar-refractivity contribution in [1.29, 1.82) is 0 Å². The molecule has 21 heavy (non-hydrogen) atoms. The van der Waals surface area contributed by atoms with E-state index >= 15 is 0 Å². The number of carboxylic acid groups (broad SMARTS) is 1. The van der Waals surface area contributed by atoms with Gasteiger partial charge in [-0.05, 0) is 43.4 Å². The number of hydrogen-bond donors (Lipinski definition) is 3. The van der Waals surface area contributed by atoms with E-state index in [-0.39, 0.29) is 18.2 Å². The molecule has 1 unspecified atom stereocenters. The van der Waals surface area contributed by atoms with Crippen molar-refractivity contribution in [2.75, 3.05) is 6.54 Å². The van der Waals surface area contributed by atoms with Crippen LogP contribution in [0.3, 0.4) is 0 Å². The maximum Gasteiger partial charge on any atom is 0.371 e. The highest BCUT2D eigenvalue weighted by molar-refractivity contribution is 5.84. The van der Waals surface area contributed by atoms with Gasteiger partial charge in [0.1, 0.15) is 5.76 Å². The third kappa shape index (κ3) is 5.99. The summed E-state index contributed by atoms with van der Waals surface area (Å²) in [5.74, 6) is 0.0813. The molecule has 0 saturated heterocycles. The highest BCUT2D eigenvalue weighted by Crippen LogP contribution is 2.20. The standard InChI is InChI=1S/C15H24N2O4/c1-10(2)11(7-8-16)3-6-14(18)17-9-12-4-5-13(21-12)15(19)20/h4-5,10-11H,3,6-9,16H2,1-2H3,(H,17,18)(H,19,20). The van der Waals surface area contributed by atoms with Gasteiger partial charge in [0.2, 0.25) is 11.7 Å². The predicted octanol–water partition coefficient (Wildman–Crippen LogP) is 2.00. The fourth-order valence-electron chi connectivity index (χ4n) is 2.20. The zero-order valence-electron chi connectivity index (χ0n) is 12.6. The van der Waals surface area contributed by atoms with Crippen LogP contribution in [0.15, 0.2) is 16.5 Å². The highest BCUT2D eigenvalue weighted by atomic mass is 16.4. The Kier molecular flexibility index (Phi) is 6.94. The summed E-state index contributed by atoms with van der Waals surface area (Å²) in [5.41, 5.74) is 5.57. The largest absolute Gasteiger partial charge is 0.475 e. The smallest absolute Gasteiger partial charge is 0.371 e. The van der Waals surface area contributed by atoms with Gasteiger partial charge in [0.25, 0.3) is 0 Å². The fourth-order valence-corrected chi connectivity index (χ4v) is 2.20. The second kappa shape index (κ2) is 8.46. The van der Waals surface area contributed by atoms with Crippen LogP contribution in [-0.4, -0.2) is 23.5 Å². The molecule has 1 aromatic heterocycles. The van der Waals surface area contributed by atoms with Crippen LogP contribution in [0.1, 0.15) is 49.4 Å². The van der Waals surface area contributed by atoms with Crippen molar-refractivity contribution in [1.82, 2.24) is 5.32 Å². The molecule has 4 N–H and O–H groups in total. The first kappa shape index (κ1) is 17.2. The van der Waals surface area contributed by atoms with E-state index in [9.17, 15) is 9.59 Å². The van der Waals surface area contributed by atoms with Gasteiger partial charge in [0.05, 0.1) is 6.54 Å². The van der Waals surface area contributed by atoms with Crippen LogP contribution in [0.25, 0.3) is 0 Å². The number of nitrogens with one attached hydrogen (secondary N) is 1. The van der Waals surface area contributed by atoms with Crippen LogP contribution in [0.2, 0.25) is 0 Å². The van der Waals surface area contributed by atoms with Gasteiger partial charge in [-0.1, -0.05) is 13.8 Å². The van der Waals surface area contributed by atoms with Crippen molar-refractivity contribution in [3.63, 3.8) is 0 Å². The Hall–Kier alpha value is -1.82. The molecule has 0 aromatic carbocycles. The van der Waals surface area contributed by atoms with Crippen LogP contribution < -0.4 is 11.1 Å². The Morgan fingerprint density at radius 2 is 2.05 bits per heavy atom. The average Bonchev–Trinajstić information content (AvgIpc) is 2.89. The van der Waals surface area contributed by atoms with Gasteiger partial charge < -0.3 is 20.6 Å². The molecular formula is C15H24N2O4. The lowest BCUT2D eigenvalue weighted by Crippen LogP contribution is -2.24. The van der Waals surface area contributed by atoms with Gasteiger partial charge in [-0.15, -0.1) is 0 Å². The highest BCUT2D eigenvalue weighted by Gasteiger charge is 2.15. The molecule has 1 rings (SSSR count). The van der Waals surface area contributed by atoms with E-state index in [2.05, 4.69) is 19.2 Å². The third-order valence-electron chi connectivity index (χ3n) is 3.55. The van der Waals surface area contributed by atoms with Crippen LogP contribution in [0.4, 0.5) is 0 Å². The minimum Gasteiger partial charge on any atom is -0.475 e. The maximum absolute atomic E-state index is 11.8. The van der Waals surface area contributed by atoms with E-state index in [1.165, 1.54) is 6.07 Å². The first-order valence-electron chi connectivity index (χ1n) is 7.22. The van der Waals surface area contributed by atoms with Crippen molar-refractivity contribution in [3.8, 4) is 0 Å². The quantitative estimate of drug-likeness (QED) is 0.646. The number of carbonyl (C=O) groups excluding carboxylic acids is 1. The summed E-state index contributed by atoms with van der Waals surface area (Å²) < 4.78 is 5.07. The molecule has 0 bridgehead atoms. The molecule has 118 valence electrons. The molecule has 0 fully saturated rings. The molecule has 0 saturated carbocycles. The van der Waals surface area contributed by atoms with E-state index in [0.29, 0.717) is 30.6 Å². The Balaban J connectivity index is 2.34. The van der Waals surface area contributed by atoms with Gasteiger partial charge in [-0.25, -0.2) is 4.79 Å². The molecule has 0 spiro atoms. The van der Waals surface area contributed by atoms with Gasteiger partial charge in [-0.3, -0.25) is 4.79 Å². The number of hydrogen-bond acceptors (Lipinski definition) is 4. The number of aromatic carboxylic acids is 1. The summed E-state index contributed by atoms with van der Waals surface area (Å²) in [6, 6.07) is 2.93. The molecule has 1 heterocycles. The SMILES string of the molecule is CC(C)C(CCN)CCC(=O)NCc1ccc(C(=O)O)o1. The lowest BCUT2D eigenvalue weighted by Gasteiger charge is -2.19. The van der Waals surface area contributed by atoms with Crippen molar-refractivity contribution >= 4 is 11.9 Å².